The molecule has 3 heterocycles. The number of pyridine rings is 1. The summed E-state index contributed by atoms with van der Waals surface area (Å²) in [4.78, 5) is 17.8. The van der Waals surface area contributed by atoms with E-state index in [1.807, 2.05) is 54.7 Å². The second-order valence-corrected chi connectivity index (χ2v) is 8.04. The summed E-state index contributed by atoms with van der Waals surface area (Å²) >= 11 is 6.07. The molecule has 3 aromatic heterocycles. The molecule has 0 saturated heterocycles. The number of hydrogen-bond acceptors (Lipinski definition) is 4. The first-order valence-electron chi connectivity index (χ1n) is 10.3. The molecule has 0 spiro atoms. The highest BCUT2D eigenvalue weighted by molar-refractivity contribution is 6.30. The van der Waals surface area contributed by atoms with Gasteiger partial charge in [-0.2, -0.15) is 5.10 Å². The van der Waals surface area contributed by atoms with Gasteiger partial charge < -0.3 is 9.30 Å². The van der Waals surface area contributed by atoms with Gasteiger partial charge in [0.1, 0.15) is 0 Å². The Hall–Kier alpha value is -3.48. The maximum atomic E-state index is 13.2. The van der Waals surface area contributed by atoms with E-state index in [9.17, 15) is 4.79 Å². The van der Waals surface area contributed by atoms with Crippen LogP contribution in [0.1, 0.15) is 11.3 Å². The van der Waals surface area contributed by atoms with Gasteiger partial charge in [0, 0.05) is 31.1 Å². The van der Waals surface area contributed by atoms with Crippen LogP contribution < -0.4 is 5.56 Å². The molecule has 160 valence electrons. The fraction of sp³-hybridized carbons (Fsp3) is 0.160. The zero-order chi connectivity index (χ0) is 22.1. The monoisotopic (exact) mass is 444 g/mol. The van der Waals surface area contributed by atoms with Crippen LogP contribution in [0, 0.1) is 0 Å². The lowest BCUT2D eigenvalue weighted by Crippen LogP contribution is -2.21. The van der Waals surface area contributed by atoms with E-state index < -0.39 is 0 Å². The van der Waals surface area contributed by atoms with Crippen LogP contribution in [-0.2, 0) is 24.3 Å². The second kappa shape index (κ2) is 8.57. The van der Waals surface area contributed by atoms with Crippen LogP contribution in [0.4, 0.5) is 0 Å². The van der Waals surface area contributed by atoms with Crippen molar-refractivity contribution in [1.82, 2.24) is 19.2 Å². The Kier molecular flexibility index (Phi) is 5.47. The largest absolute Gasteiger partial charge is 0.378 e. The van der Waals surface area contributed by atoms with Gasteiger partial charge in [0.15, 0.2) is 5.65 Å². The maximum absolute atomic E-state index is 13.2. The van der Waals surface area contributed by atoms with Gasteiger partial charge in [0.25, 0.3) is 5.56 Å². The third kappa shape index (κ3) is 3.68. The maximum Gasteiger partial charge on any atom is 0.261 e. The molecule has 7 heteroatoms. The van der Waals surface area contributed by atoms with E-state index in [1.54, 1.807) is 22.4 Å². The predicted octanol–water partition coefficient (Wildman–Crippen LogP) is 4.75. The Morgan fingerprint density at radius 3 is 2.56 bits per heavy atom. The molecule has 0 aliphatic rings. The molecule has 5 aromatic rings. The quantitative estimate of drug-likeness (QED) is 0.379. The van der Waals surface area contributed by atoms with Crippen LogP contribution in [0.3, 0.4) is 0 Å². The van der Waals surface area contributed by atoms with Gasteiger partial charge in [-0.15, -0.1) is 0 Å². The zero-order valence-electron chi connectivity index (χ0n) is 17.5. The molecule has 32 heavy (non-hydrogen) atoms. The molecule has 5 rings (SSSR count). The number of benzene rings is 2. The van der Waals surface area contributed by atoms with Crippen molar-refractivity contribution < 1.29 is 4.74 Å². The van der Waals surface area contributed by atoms with E-state index >= 15 is 0 Å². The van der Waals surface area contributed by atoms with Crippen LogP contribution in [0.5, 0.6) is 0 Å². The molecule has 0 fully saturated rings. The van der Waals surface area contributed by atoms with Gasteiger partial charge in [0.2, 0.25) is 0 Å². The van der Waals surface area contributed by atoms with Crippen molar-refractivity contribution in [3.63, 3.8) is 0 Å². The fourth-order valence-corrected chi connectivity index (χ4v) is 4.10. The first-order chi connectivity index (χ1) is 15.7. The van der Waals surface area contributed by atoms with E-state index in [4.69, 9.17) is 21.4 Å². The highest BCUT2D eigenvalue weighted by atomic mass is 35.5. The first kappa shape index (κ1) is 20.4. The molecule has 0 saturated carbocycles. The third-order valence-electron chi connectivity index (χ3n) is 5.56. The normalized spacial score (nSPS) is 11.4. The lowest BCUT2D eigenvalue weighted by Gasteiger charge is -2.08. The Bertz CT molecular complexity index is 1460. The van der Waals surface area contributed by atoms with Crippen molar-refractivity contribution in [3.05, 3.63) is 99.7 Å². The number of methoxy groups -OCH3 is 1. The summed E-state index contributed by atoms with van der Waals surface area (Å²) in [6.07, 6.45) is 4.25. The number of rotatable bonds is 6. The molecule has 0 bridgehead atoms. The van der Waals surface area contributed by atoms with E-state index in [-0.39, 0.29) is 5.56 Å². The summed E-state index contributed by atoms with van der Waals surface area (Å²) in [5.74, 6) is 0. The van der Waals surface area contributed by atoms with Gasteiger partial charge in [0.05, 0.1) is 28.8 Å². The average molecular weight is 445 g/mol. The molecule has 0 N–H and O–H groups in total. The third-order valence-corrected chi connectivity index (χ3v) is 5.81. The minimum Gasteiger partial charge on any atom is -0.378 e. The summed E-state index contributed by atoms with van der Waals surface area (Å²) in [6.45, 7) is 0.928. The van der Waals surface area contributed by atoms with Gasteiger partial charge in [-0.3, -0.25) is 4.79 Å². The molecule has 0 aliphatic heterocycles. The van der Waals surface area contributed by atoms with Gasteiger partial charge in [-0.1, -0.05) is 54.1 Å². The lowest BCUT2D eigenvalue weighted by atomic mass is 10.1. The zero-order valence-corrected chi connectivity index (χ0v) is 18.3. The number of hydrogen-bond donors (Lipinski definition) is 0. The van der Waals surface area contributed by atoms with Gasteiger partial charge in [-0.25, -0.2) is 9.50 Å². The van der Waals surface area contributed by atoms with Crippen molar-refractivity contribution in [2.24, 2.45) is 0 Å². The van der Waals surface area contributed by atoms with Crippen molar-refractivity contribution in [3.8, 4) is 11.1 Å². The average Bonchev–Trinajstić information content (AvgIpc) is 3.18. The molecular formula is C25H21ClN4O2. The molecule has 0 radical (unpaired) electrons. The summed E-state index contributed by atoms with van der Waals surface area (Å²) in [6, 6.07) is 19.6. The molecule has 2 aromatic carbocycles. The Balaban J connectivity index is 1.61. The molecule has 0 amide bonds. The van der Waals surface area contributed by atoms with Crippen LogP contribution >= 0.6 is 11.6 Å². The van der Waals surface area contributed by atoms with Crippen molar-refractivity contribution in [1.29, 1.82) is 0 Å². The predicted molar refractivity (Wildman–Crippen MR) is 126 cm³/mol. The molecule has 6 nitrogen and oxygen atoms in total. The number of halogens is 1. The summed E-state index contributed by atoms with van der Waals surface area (Å²) in [7, 11) is 1.63. The number of aryl methyl sites for hydroxylation is 2. The summed E-state index contributed by atoms with van der Waals surface area (Å²) < 4.78 is 8.83. The van der Waals surface area contributed by atoms with Crippen molar-refractivity contribution in [2.75, 3.05) is 7.11 Å². The van der Waals surface area contributed by atoms with Crippen LogP contribution in [0.15, 0.2) is 77.9 Å². The van der Waals surface area contributed by atoms with Crippen LogP contribution in [-0.4, -0.2) is 26.3 Å². The summed E-state index contributed by atoms with van der Waals surface area (Å²) in [5, 5.41) is 5.93. The van der Waals surface area contributed by atoms with Crippen LogP contribution in [0.25, 0.3) is 27.7 Å². The number of aromatic nitrogens is 4. The van der Waals surface area contributed by atoms with Crippen molar-refractivity contribution >= 4 is 28.2 Å². The fourth-order valence-electron chi connectivity index (χ4n) is 3.97. The molecule has 0 atom stereocenters. The topological polar surface area (TPSA) is 61.4 Å². The van der Waals surface area contributed by atoms with Gasteiger partial charge >= 0.3 is 0 Å². The number of fused-ring (bicyclic) bond motifs is 3. The summed E-state index contributed by atoms with van der Waals surface area (Å²) in [5.41, 5.74) is 5.07. The van der Waals surface area contributed by atoms with E-state index in [2.05, 4.69) is 17.1 Å². The van der Waals surface area contributed by atoms with E-state index in [1.165, 1.54) is 5.56 Å². The molecular weight excluding hydrogens is 424 g/mol. The molecule has 0 aliphatic carbocycles. The highest BCUT2D eigenvalue weighted by Gasteiger charge is 2.18. The highest BCUT2D eigenvalue weighted by Crippen LogP contribution is 2.30. The van der Waals surface area contributed by atoms with Crippen LogP contribution in [0.2, 0.25) is 5.02 Å². The second-order valence-electron chi connectivity index (χ2n) is 7.60. The first-order valence-corrected chi connectivity index (χ1v) is 10.7. The minimum absolute atomic E-state index is 0.0790. The van der Waals surface area contributed by atoms with E-state index in [0.717, 1.165) is 23.2 Å². The Morgan fingerprint density at radius 1 is 1.03 bits per heavy atom. The lowest BCUT2D eigenvalue weighted by molar-refractivity contribution is 0.181. The van der Waals surface area contributed by atoms with E-state index in [0.29, 0.717) is 34.7 Å². The minimum atomic E-state index is -0.0790. The van der Waals surface area contributed by atoms with Gasteiger partial charge in [-0.05, 0) is 35.7 Å². The smallest absolute Gasteiger partial charge is 0.261 e. The number of ether oxygens (including phenoxy) is 1. The Morgan fingerprint density at radius 2 is 1.81 bits per heavy atom. The number of nitrogens with zero attached hydrogens (tertiary/aromatic N) is 4. The van der Waals surface area contributed by atoms with Crippen molar-refractivity contribution in [2.45, 2.75) is 19.6 Å². The molecule has 0 unspecified atom stereocenters. The standard InChI is InChI=1S/C25H21ClN4O2/c1-32-16-21-23(18-7-9-19(26)10-8-18)24-27-15-20-22(30(24)28-21)12-14-29(25(20)31)13-11-17-5-3-2-4-6-17/h2-10,12,14-15H,11,13,16H2,1H3. The SMILES string of the molecule is COCc1nn2c(ncc3c(=O)n(CCc4ccccc4)ccc32)c1-c1ccc(Cl)cc1. The Labute approximate surface area is 189 Å².